The average Bonchev–Trinajstić information content (AvgIpc) is 2.52. The minimum absolute atomic E-state index is 0.0359. The highest BCUT2D eigenvalue weighted by Crippen LogP contribution is 2.37. The fourth-order valence-electron chi connectivity index (χ4n) is 2.54. The van der Waals surface area contributed by atoms with Gasteiger partial charge in [0.25, 0.3) is 0 Å². The zero-order valence-corrected chi connectivity index (χ0v) is 13.5. The highest BCUT2D eigenvalue weighted by molar-refractivity contribution is 5.52. The lowest BCUT2D eigenvalue weighted by Gasteiger charge is -2.19. The van der Waals surface area contributed by atoms with Gasteiger partial charge in [-0.15, -0.1) is 0 Å². The quantitative estimate of drug-likeness (QED) is 0.757. The van der Waals surface area contributed by atoms with E-state index in [-0.39, 0.29) is 16.7 Å². The first-order chi connectivity index (χ1) is 11.2. The number of allylic oxidation sites excluding steroid dienone is 1. The number of aryl methyl sites for hydroxylation is 2. The summed E-state index contributed by atoms with van der Waals surface area (Å²) >= 11 is 0. The Morgan fingerprint density at radius 2 is 1.58 bits per heavy atom. The number of rotatable bonds is 4. The molecule has 2 aromatic rings. The molecule has 0 aliphatic carbocycles. The Labute approximate surface area is 138 Å². The summed E-state index contributed by atoms with van der Waals surface area (Å²) in [5, 5.41) is 0. The molecule has 0 aliphatic rings. The molecule has 0 aromatic heterocycles. The van der Waals surface area contributed by atoms with Crippen molar-refractivity contribution < 1.29 is 17.6 Å². The predicted octanol–water partition coefficient (Wildman–Crippen LogP) is 5.26. The van der Waals surface area contributed by atoms with Crippen LogP contribution in [0.1, 0.15) is 33.7 Å². The van der Waals surface area contributed by atoms with E-state index in [4.69, 9.17) is 5.73 Å². The number of hydrogen-bond donors (Lipinski definition) is 1. The monoisotopic (exact) mass is 337 g/mol. The van der Waals surface area contributed by atoms with Gasteiger partial charge in [-0.05, 0) is 41.7 Å². The van der Waals surface area contributed by atoms with Gasteiger partial charge in [-0.3, -0.25) is 0 Å². The fourth-order valence-corrected chi connectivity index (χ4v) is 2.54. The molecule has 0 spiro atoms. The van der Waals surface area contributed by atoms with Gasteiger partial charge in [-0.2, -0.15) is 13.2 Å². The molecule has 24 heavy (non-hydrogen) atoms. The van der Waals surface area contributed by atoms with E-state index < -0.39 is 17.9 Å². The van der Waals surface area contributed by atoms with Crippen LogP contribution in [0.2, 0.25) is 0 Å². The van der Waals surface area contributed by atoms with Gasteiger partial charge in [-0.25, -0.2) is 4.39 Å². The molecule has 0 saturated carbocycles. The number of nitrogens with two attached hydrogens (primary N) is 1. The van der Waals surface area contributed by atoms with Gasteiger partial charge in [0.2, 0.25) is 0 Å². The van der Waals surface area contributed by atoms with Crippen molar-refractivity contribution in [2.24, 2.45) is 5.73 Å². The van der Waals surface area contributed by atoms with Crippen molar-refractivity contribution in [3.05, 3.63) is 76.1 Å². The summed E-state index contributed by atoms with van der Waals surface area (Å²) in [5.41, 5.74) is 7.51. The molecule has 5 heteroatoms. The van der Waals surface area contributed by atoms with E-state index in [1.165, 1.54) is 32.1 Å². The van der Waals surface area contributed by atoms with Gasteiger partial charge in [0.05, 0.1) is 5.92 Å². The molecule has 1 nitrogen and oxygen atoms in total. The van der Waals surface area contributed by atoms with Crippen LogP contribution in [0.25, 0.3) is 6.08 Å². The summed E-state index contributed by atoms with van der Waals surface area (Å²) in [6, 6.07) is 9.48. The van der Waals surface area contributed by atoms with E-state index in [0.29, 0.717) is 12.1 Å². The minimum atomic E-state index is -4.45. The largest absolute Gasteiger partial charge is 0.399 e. The molecule has 2 aromatic carbocycles. The highest BCUT2D eigenvalue weighted by Gasteiger charge is 2.39. The molecule has 0 bridgehead atoms. The van der Waals surface area contributed by atoms with Crippen LogP contribution in [0, 0.1) is 19.7 Å². The van der Waals surface area contributed by atoms with Crippen LogP contribution in [-0.4, -0.2) is 6.18 Å². The molecule has 2 rings (SSSR count). The lowest BCUT2D eigenvalue weighted by molar-refractivity contribution is -0.139. The maximum Gasteiger partial charge on any atom is 0.399 e. The summed E-state index contributed by atoms with van der Waals surface area (Å²) in [6.07, 6.45) is -1.93. The van der Waals surface area contributed by atoms with Crippen LogP contribution >= 0.6 is 0 Å². The number of hydrogen-bond acceptors (Lipinski definition) is 1. The summed E-state index contributed by atoms with van der Waals surface area (Å²) in [5.74, 6) is -2.26. The van der Waals surface area contributed by atoms with Gasteiger partial charge >= 0.3 is 6.18 Å². The Kier molecular flexibility index (Phi) is 5.44. The number of alkyl halides is 3. The van der Waals surface area contributed by atoms with Crippen molar-refractivity contribution in [2.45, 2.75) is 32.5 Å². The first kappa shape index (κ1) is 18.2. The van der Waals surface area contributed by atoms with Gasteiger partial charge in [0, 0.05) is 6.54 Å². The molecular weight excluding hydrogens is 318 g/mol. The van der Waals surface area contributed by atoms with Crippen LogP contribution in [0.15, 0.2) is 42.5 Å². The lowest BCUT2D eigenvalue weighted by atomic mass is 9.93. The second-order valence-corrected chi connectivity index (χ2v) is 5.79. The standard InChI is InChI=1S/C19H19F4N/c1-12-9-16(10-13(2)18(12)20)17(19(21,22)23)8-7-14-3-5-15(11-24)6-4-14/h3-10,17H,11,24H2,1-2H3/b8-7+. The Balaban J connectivity index is 2.37. The lowest BCUT2D eigenvalue weighted by Crippen LogP contribution is -2.19. The van der Waals surface area contributed by atoms with Crippen LogP contribution in [0.5, 0.6) is 0 Å². The van der Waals surface area contributed by atoms with Crippen LogP contribution in [-0.2, 0) is 6.54 Å². The SMILES string of the molecule is Cc1cc(C(/C=C/c2ccc(CN)cc2)C(F)(F)F)cc(C)c1F. The molecule has 0 aliphatic heterocycles. The van der Waals surface area contributed by atoms with Crippen molar-refractivity contribution >= 4 is 6.08 Å². The van der Waals surface area contributed by atoms with Gasteiger partial charge in [0.1, 0.15) is 5.82 Å². The van der Waals surface area contributed by atoms with E-state index in [0.717, 1.165) is 11.6 Å². The fraction of sp³-hybridized carbons (Fsp3) is 0.263. The van der Waals surface area contributed by atoms with Crippen molar-refractivity contribution in [3.8, 4) is 0 Å². The zero-order chi connectivity index (χ0) is 17.9. The summed E-state index contributed by atoms with van der Waals surface area (Å²) in [4.78, 5) is 0. The molecule has 0 saturated heterocycles. The van der Waals surface area contributed by atoms with Gasteiger partial charge in [0.15, 0.2) is 0 Å². The van der Waals surface area contributed by atoms with Crippen molar-refractivity contribution in [1.29, 1.82) is 0 Å². The van der Waals surface area contributed by atoms with Crippen LogP contribution < -0.4 is 5.73 Å². The topological polar surface area (TPSA) is 26.0 Å². The van der Waals surface area contributed by atoms with E-state index in [1.807, 2.05) is 0 Å². The predicted molar refractivity (Wildman–Crippen MR) is 88.0 cm³/mol. The molecule has 128 valence electrons. The van der Waals surface area contributed by atoms with Crippen molar-refractivity contribution in [1.82, 2.24) is 0 Å². The third kappa shape index (κ3) is 4.23. The van der Waals surface area contributed by atoms with E-state index in [2.05, 4.69) is 0 Å². The second-order valence-electron chi connectivity index (χ2n) is 5.79. The van der Waals surface area contributed by atoms with E-state index in [1.54, 1.807) is 24.3 Å². The van der Waals surface area contributed by atoms with Crippen LogP contribution in [0.3, 0.4) is 0 Å². The van der Waals surface area contributed by atoms with Gasteiger partial charge in [-0.1, -0.05) is 48.6 Å². The third-order valence-corrected chi connectivity index (χ3v) is 3.87. The summed E-state index contributed by atoms with van der Waals surface area (Å²) in [7, 11) is 0. The van der Waals surface area contributed by atoms with E-state index >= 15 is 0 Å². The molecular formula is C19H19F4N. The maximum absolute atomic E-state index is 13.7. The zero-order valence-electron chi connectivity index (χ0n) is 13.5. The van der Waals surface area contributed by atoms with E-state index in [9.17, 15) is 17.6 Å². The van der Waals surface area contributed by atoms with Gasteiger partial charge < -0.3 is 5.73 Å². The molecule has 0 radical (unpaired) electrons. The minimum Gasteiger partial charge on any atom is -0.326 e. The molecule has 1 unspecified atom stereocenters. The Bertz CT molecular complexity index is 707. The normalized spacial score (nSPS) is 13.5. The molecule has 2 N–H and O–H groups in total. The number of benzene rings is 2. The Morgan fingerprint density at radius 1 is 1.04 bits per heavy atom. The molecule has 0 fully saturated rings. The summed E-state index contributed by atoms with van der Waals surface area (Å²) in [6.45, 7) is 3.31. The van der Waals surface area contributed by atoms with Crippen molar-refractivity contribution in [2.75, 3.05) is 0 Å². The maximum atomic E-state index is 13.7. The van der Waals surface area contributed by atoms with Crippen molar-refractivity contribution in [3.63, 3.8) is 0 Å². The average molecular weight is 337 g/mol. The molecule has 1 atom stereocenters. The number of halogens is 4. The Hall–Kier alpha value is -2.14. The second kappa shape index (κ2) is 7.18. The highest BCUT2D eigenvalue weighted by atomic mass is 19.4. The first-order valence-corrected chi connectivity index (χ1v) is 7.53. The first-order valence-electron chi connectivity index (χ1n) is 7.53. The Morgan fingerprint density at radius 3 is 2.04 bits per heavy atom. The summed E-state index contributed by atoms with van der Waals surface area (Å²) < 4.78 is 54.0. The smallest absolute Gasteiger partial charge is 0.326 e. The molecule has 0 heterocycles. The van der Waals surface area contributed by atoms with Crippen LogP contribution in [0.4, 0.5) is 17.6 Å². The molecule has 0 amide bonds. The third-order valence-electron chi connectivity index (χ3n) is 3.87.